The fraction of sp³-hybridized carbons (Fsp3) is 0.429. The van der Waals surface area contributed by atoms with Gasteiger partial charge in [-0.3, -0.25) is 0 Å². The highest BCUT2D eigenvalue weighted by Gasteiger charge is 2.31. The summed E-state index contributed by atoms with van der Waals surface area (Å²) < 4.78 is 5.34. The molecule has 1 N–H and O–H groups in total. The molecule has 0 aliphatic rings. The lowest BCUT2D eigenvalue weighted by atomic mass is 9.94. The molecule has 0 amide bonds. The quantitative estimate of drug-likeness (QED) is 0.721. The van der Waals surface area contributed by atoms with Crippen molar-refractivity contribution >= 4 is 19.6 Å². The summed E-state index contributed by atoms with van der Waals surface area (Å²) in [4.78, 5) is 2.17. The summed E-state index contributed by atoms with van der Waals surface area (Å²) in [7, 11) is 6.33. The van der Waals surface area contributed by atoms with Gasteiger partial charge in [-0.05, 0) is 36.3 Å². The van der Waals surface area contributed by atoms with Crippen molar-refractivity contribution in [3.05, 3.63) is 47.5 Å². The molecule has 0 spiro atoms. The average molecular weight is 359 g/mol. The van der Waals surface area contributed by atoms with E-state index in [9.17, 15) is 5.11 Å². The van der Waals surface area contributed by atoms with Gasteiger partial charge in [0.1, 0.15) is 0 Å². The number of rotatable bonds is 7. The molecule has 0 aliphatic heterocycles. The van der Waals surface area contributed by atoms with Crippen LogP contribution in [-0.4, -0.2) is 26.3 Å². The van der Waals surface area contributed by atoms with Gasteiger partial charge >= 0.3 is 0 Å². The van der Waals surface area contributed by atoms with E-state index >= 15 is 0 Å². The van der Waals surface area contributed by atoms with Crippen molar-refractivity contribution in [3.63, 3.8) is 0 Å². The van der Waals surface area contributed by atoms with E-state index in [0.717, 1.165) is 18.4 Å². The lowest BCUT2D eigenvalue weighted by molar-refractivity contribution is 0.366. The summed E-state index contributed by atoms with van der Waals surface area (Å²) in [6.45, 7) is 6.63. The van der Waals surface area contributed by atoms with Crippen molar-refractivity contribution < 1.29 is 9.84 Å². The molecule has 0 aromatic heterocycles. The van der Waals surface area contributed by atoms with Crippen molar-refractivity contribution in [1.82, 2.24) is 0 Å². The Morgan fingerprint density at radius 1 is 1.16 bits per heavy atom. The van der Waals surface area contributed by atoms with Gasteiger partial charge < -0.3 is 14.7 Å². The van der Waals surface area contributed by atoms with Crippen molar-refractivity contribution in [2.75, 3.05) is 26.1 Å². The molecule has 136 valence electrons. The minimum Gasteiger partial charge on any atom is -0.504 e. The maximum atomic E-state index is 10.7. The maximum Gasteiger partial charge on any atom is 0.161 e. The molecular formula is C21H30NO2P. The second kappa shape index (κ2) is 8.10. The Bertz CT molecular complexity index is 730. The first-order chi connectivity index (χ1) is 11.8. The molecule has 0 aliphatic carbocycles. The molecule has 0 radical (unpaired) electrons. The highest BCUT2D eigenvalue weighted by atomic mass is 31.1. The zero-order valence-electron chi connectivity index (χ0n) is 16.2. The molecule has 2 rings (SSSR count). The minimum absolute atomic E-state index is 0.135. The molecule has 3 nitrogen and oxygen atoms in total. The number of aromatic hydroxyl groups is 1. The number of hydrogen-bond acceptors (Lipinski definition) is 3. The summed E-state index contributed by atoms with van der Waals surface area (Å²) in [5, 5.41) is 12.0. The number of nitrogens with zero attached hydrogens (tertiary/aromatic N) is 1. The smallest absolute Gasteiger partial charge is 0.161 e. The summed E-state index contributed by atoms with van der Waals surface area (Å²) in [6, 6.07) is 12.3. The number of phenolic OH excluding ortho intramolecular Hbond substituents is 1. The van der Waals surface area contributed by atoms with Crippen LogP contribution in [0.2, 0.25) is 0 Å². The first kappa shape index (κ1) is 19.6. The van der Waals surface area contributed by atoms with Crippen molar-refractivity contribution in [2.24, 2.45) is 0 Å². The molecule has 4 heteroatoms. The van der Waals surface area contributed by atoms with Crippen LogP contribution in [-0.2, 0) is 5.16 Å². The number of para-hydroxylation sites is 1. The van der Waals surface area contributed by atoms with Gasteiger partial charge in [0.25, 0.3) is 0 Å². The van der Waals surface area contributed by atoms with E-state index in [2.05, 4.69) is 58.0 Å². The topological polar surface area (TPSA) is 32.7 Å². The van der Waals surface area contributed by atoms with Crippen molar-refractivity contribution in [1.29, 1.82) is 0 Å². The lowest BCUT2D eigenvalue weighted by Gasteiger charge is -2.33. The van der Waals surface area contributed by atoms with Crippen molar-refractivity contribution in [3.8, 4) is 11.5 Å². The van der Waals surface area contributed by atoms with E-state index in [1.165, 1.54) is 16.6 Å². The first-order valence-corrected chi connectivity index (χ1v) is 9.75. The molecule has 0 fully saturated rings. The van der Waals surface area contributed by atoms with Crippen LogP contribution >= 0.6 is 8.58 Å². The first-order valence-electron chi connectivity index (χ1n) is 8.75. The van der Waals surface area contributed by atoms with Crippen LogP contribution in [0.1, 0.15) is 37.8 Å². The summed E-state index contributed by atoms with van der Waals surface area (Å²) >= 11 is 0. The molecule has 0 heterocycles. The lowest BCUT2D eigenvalue weighted by Crippen LogP contribution is -2.24. The largest absolute Gasteiger partial charge is 0.504 e. The summed E-state index contributed by atoms with van der Waals surface area (Å²) in [5.74, 6) is 0.815. The van der Waals surface area contributed by atoms with Gasteiger partial charge in [0.05, 0.1) is 7.11 Å². The monoisotopic (exact) mass is 359 g/mol. The van der Waals surface area contributed by atoms with E-state index in [1.807, 2.05) is 18.2 Å². The molecule has 2 aromatic carbocycles. The van der Waals surface area contributed by atoms with E-state index < -0.39 is 0 Å². The van der Waals surface area contributed by atoms with Crippen LogP contribution in [0.3, 0.4) is 0 Å². The normalized spacial score (nSPS) is 13.8. The number of hydrogen-bond donors (Lipinski definition) is 1. The Hall–Kier alpha value is -1.73. The molecule has 2 unspecified atom stereocenters. The fourth-order valence-electron chi connectivity index (χ4n) is 3.36. The molecule has 25 heavy (non-hydrogen) atoms. The fourth-order valence-corrected chi connectivity index (χ4v) is 5.34. The third-order valence-corrected chi connectivity index (χ3v) is 6.67. The van der Waals surface area contributed by atoms with Crippen LogP contribution in [0.25, 0.3) is 0 Å². The average Bonchev–Trinajstić information content (AvgIpc) is 2.56. The number of aryl methyl sites for hydroxylation is 1. The number of phenols is 1. The minimum atomic E-state index is -0.135. The third kappa shape index (κ3) is 4.10. The Morgan fingerprint density at radius 2 is 1.84 bits per heavy atom. The number of benzene rings is 2. The van der Waals surface area contributed by atoms with Gasteiger partial charge in [-0.1, -0.05) is 53.1 Å². The summed E-state index contributed by atoms with van der Waals surface area (Å²) in [6.07, 6.45) is 2.07. The van der Waals surface area contributed by atoms with Gasteiger partial charge in [0.15, 0.2) is 11.5 Å². The Balaban J connectivity index is 2.56. The Kier molecular flexibility index (Phi) is 6.35. The van der Waals surface area contributed by atoms with Crippen LogP contribution in [0.4, 0.5) is 5.69 Å². The molecule has 0 saturated heterocycles. The highest BCUT2D eigenvalue weighted by molar-refractivity contribution is 7.49. The number of ether oxygens (including phenoxy) is 1. The van der Waals surface area contributed by atoms with Crippen molar-refractivity contribution in [2.45, 2.75) is 38.8 Å². The second-order valence-corrected chi connectivity index (χ2v) is 8.78. The highest BCUT2D eigenvalue weighted by Crippen LogP contribution is 2.51. The molecule has 0 bridgehead atoms. The van der Waals surface area contributed by atoms with E-state index in [4.69, 9.17) is 4.74 Å². The van der Waals surface area contributed by atoms with E-state index in [0.29, 0.717) is 14.3 Å². The van der Waals surface area contributed by atoms with Gasteiger partial charge in [0, 0.05) is 30.5 Å². The second-order valence-electron chi connectivity index (χ2n) is 6.93. The third-order valence-electron chi connectivity index (χ3n) is 4.70. The zero-order valence-corrected chi connectivity index (χ0v) is 17.2. The van der Waals surface area contributed by atoms with Gasteiger partial charge in [-0.25, -0.2) is 0 Å². The predicted octanol–water partition coefficient (Wildman–Crippen LogP) is 4.79. The molecule has 2 atom stereocenters. The number of anilines is 1. The van der Waals surface area contributed by atoms with Crippen LogP contribution in [0.5, 0.6) is 11.5 Å². The van der Waals surface area contributed by atoms with Crippen LogP contribution in [0.15, 0.2) is 36.4 Å². The van der Waals surface area contributed by atoms with E-state index in [-0.39, 0.29) is 10.9 Å². The van der Waals surface area contributed by atoms with Gasteiger partial charge in [-0.15, -0.1) is 0 Å². The number of methoxy groups -OCH3 is 1. The maximum absolute atomic E-state index is 10.7. The van der Waals surface area contributed by atoms with Gasteiger partial charge in [0.2, 0.25) is 0 Å². The van der Waals surface area contributed by atoms with Crippen LogP contribution in [0, 0.1) is 6.92 Å². The molecule has 0 saturated carbocycles. The Morgan fingerprint density at radius 3 is 2.44 bits per heavy atom. The zero-order chi connectivity index (χ0) is 18.6. The van der Waals surface area contributed by atoms with E-state index in [1.54, 1.807) is 7.11 Å². The SMILES string of the molecule is CCCC(C)(Pc1c(C)cccc1N(C)C)c1cccc(OC)c1O. The predicted molar refractivity (Wildman–Crippen MR) is 110 cm³/mol. The molecular weight excluding hydrogens is 329 g/mol. The molecule has 2 aromatic rings. The van der Waals surface area contributed by atoms with Gasteiger partial charge in [-0.2, -0.15) is 0 Å². The van der Waals surface area contributed by atoms with Crippen LogP contribution < -0.4 is 14.9 Å². The Labute approximate surface area is 153 Å². The summed E-state index contributed by atoms with van der Waals surface area (Å²) in [5.41, 5.74) is 3.53. The standard InChI is InChI=1S/C21H30NO2P/c1-7-14-21(3,16-11-9-13-18(24-6)19(16)23)25-20-15(2)10-8-12-17(20)22(4)5/h8-13,23,25H,7,14H2,1-6H3.